The van der Waals surface area contributed by atoms with Crippen molar-refractivity contribution in [3.8, 4) is 11.5 Å². The molecule has 0 radical (unpaired) electrons. The van der Waals surface area contributed by atoms with Gasteiger partial charge in [0.05, 0.1) is 32.1 Å². The van der Waals surface area contributed by atoms with Gasteiger partial charge in [0.1, 0.15) is 28.2 Å². The monoisotopic (exact) mass is 668 g/mol. The highest BCUT2D eigenvalue weighted by atomic mass is 35.5. The van der Waals surface area contributed by atoms with Crippen molar-refractivity contribution >= 4 is 33.1 Å². The van der Waals surface area contributed by atoms with Crippen LogP contribution in [0.1, 0.15) is 24.8 Å². The number of benzene rings is 2. The number of hydrogen-bond acceptors (Lipinski definition) is 8. The Labute approximate surface area is 266 Å². The summed E-state index contributed by atoms with van der Waals surface area (Å²) in [6, 6.07) is 9.05. The summed E-state index contributed by atoms with van der Waals surface area (Å²) in [7, 11) is 3.39. The van der Waals surface area contributed by atoms with Crippen molar-refractivity contribution in [3.63, 3.8) is 0 Å². The average molecular weight is 669 g/mol. The smallest absolute Gasteiger partial charge is 0.271 e. The molecule has 3 aromatic rings. The van der Waals surface area contributed by atoms with Gasteiger partial charge in [0, 0.05) is 49.9 Å². The molecule has 1 aromatic heterocycles. The lowest BCUT2D eigenvalue weighted by Gasteiger charge is -2.57. The Bertz CT molecular complexity index is 1690. The summed E-state index contributed by atoms with van der Waals surface area (Å²) < 4.78 is 91.8. The van der Waals surface area contributed by atoms with Gasteiger partial charge in [-0.15, -0.1) is 0 Å². The van der Waals surface area contributed by atoms with E-state index >= 15 is 8.78 Å². The Hall–Kier alpha value is -3.26. The molecule has 2 aliphatic rings. The maximum Gasteiger partial charge on any atom is 0.271 e. The van der Waals surface area contributed by atoms with Gasteiger partial charge in [0.2, 0.25) is 5.95 Å². The van der Waals surface area contributed by atoms with E-state index in [1.807, 2.05) is 14.1 Å². The fourth-order valence-corrected chi connectivity index (χ4v) is 8.49. The predicted octanol–water partition coefficient (Wildman–Crippen LogP) is 5.50. The van der Waals surface area contributed by atoms with Gasteiger partial charge in [-0.3, -0.25) is 0 Å². The second kappa shape index (κ2) is 12.5. The number of nitrogens with zero attached hydrogens (tertiary/aromatic N) is 4. The first kappa shape index (κ1) is 33.1. The van der Waals surface area contributed by atoms with Crippen molar-refractivity contribution in [3.05, 3.63) is 70.6 Å². The van der Waals surface area contributed by atoms with Crippen molar-refractivity contribution in [2.45, 2.75) is 36.3 Å². The van der Waals surface area contributed by atoms with E-state index in [-0.39, 0.29) is 16.9 Å². The van der Waals surface area contributed by atoms with Crippen LogP contribution in [0.15, 0.2) is 47.4 Å². The number of methoxy groups -OCH3 is 3. The van der Waals surface area contributed by atoms with Gasteiger partial charge in [-0.2, -0.15) is 4.39 Å². The number of sulfonamides is 1. The maximum absolute atomic E-state index is 16.1. The van der Waals surface area contributed by atoms with Crippen molar-refractivity contribution in [2.75, 3.05) is 64.3 Å². The van der Waals surface area contributed by atoms with Gasteiger partial charge >= 0.3 is 0 Å². The van der Waals surface area contributed by atoms with Crippen molar-refractivity contribution in [2.24, 2.45) is 5.41 Å². The number of pyridine rings is 1. The van der Waals surface area contributed by atoms with Gasteiger partial charge in [0.25, 0.3) is 10.0 Å². The van der Waals surface area contributed by atoms with Gasteiger partial charge < -0.3 is 24.0 Å². The summed E-state index contributed by atoms with van der Waals surface area (Å²) in [5, 5.41) is -0.531. The lowest BCUT2D eigenvalue weighted by Crippen LogP contribution is -2.64. The van der Waals surface area contributed by atoms with E-state index in [0.717, 1.165) is 31.4 Å². The third kappa shape index (κ3) is 5.79. The summed E-state index contributed by atoms with van der Waals surface area (Å²) in [6.45, 7) is 1.09. The van der Waals surface area contributed by atoms with Crippen LogP contribution in [0.5, 0.6) is 11.5 Å². The highest BCUT2D eigenvalue weighted by Crippen LogP contribution is 2.58. The summed E-state index contributed by atoms with van der Waals surface area (Å²) in [5.74, 6) is -3.49. The minimum absolute atomic E-state index is 0.0523. The molecule has 14 heteroatoms. The normalized spacial score (nSPS) is 21.3. The van der Waals surface area contributed by atoms with Crippen molar-refractivity contribution < 1.29 is 35.8 Å². The number of anilines is 2. The molecule has 1 aliphatic heterocycles. The Balaban J connectivity index is 1.54. The van der Waals surface area contributed by atoms with Gasteiger partial charge in [-0.1, -0.05) is 17.7 Å². The van der Waals surface area contributed by atoms with Crippen LogP contribution in [0, 0.1) is 23.0 Å². The molecule has 244 valence electrons. The molecule has 9 nitrogen and oxygen atoms in total. The van der Waals surface area contributed by atoms with E-state index in [1.165, 1.54) is 38.5 Å². The predicted molar refractivity (Wildman–Crippen MR) is 165 cm³/mol. The number of halogens is 4. The topological polar surface area (TPSA) is 84.4 Å². The Kier molecular flexibility index (Phi) is 9.20. The van der Waals surface area contributed by atoms with E-state index in [1.54, 1.807) is 18.1 Å². The lowest BCUT2D eigenvalue weighted by atomic mass is 9.55. The van der Waals surface area contributed by atoms with Crippen LogP contribution in [0.25, 0.3) is 0 Å². The van der Waals surface area contributed by atoms with Crippen LogP contribution in [-0.2, 0) is 21.3 Å². The van der Waals surface area contributed by atoms with Crippen LogP contribution in [0.2, 0.25) is 5.02 Å². The van der Waals surface area contributed by atoms with Crippen LogP contribution in [0.3, 0.4) is 0 Å². The molecule has 0 amide bonds. The summed E-state index contributed by atoms with van der Waals surface area (Å²) >= 11 is 6.50. The summed E-state index contributed by atoms with van der Waals surface area (Å²) in [4.78, 5) is 6.26. The minimum Gasteiger partial charge on any atom is -0.497 e. The first-order valence-electron chi connectivity index (χ1n) is 14.3. The third-order valence-electron chi connectivity index (χ3n) is 9.04. The van der Waals surface area contributed by atoms with Gasteiger partial charge in [-0.25, -0.2) is 26.5 Å². The molecule has 1 saturated carbocycles. The average Bonchev–Trinajstić information content (AvgIpc) is 3.47. The fourth-order valence-electron chi connectivity index (χ4n) is 6.66. The number of ether oxygens (including phenoxy) is 3. The van der Waals surface area contributed by atoms with Gasteiger partial charge in [-0.05, 0) is 57.6 Å². The second-order valence-electron chi connectivity index (χ2n) is 11.7. The molecule has 1 aliphatic carbocycles. The third-order valence-corrected chi connectivity index (χ3v) is 11.2. The van der Waals surface area contributed by atoms with E-state index < -0.39 is 55.5 Å². The zero-order valence-corrected chi connectivity index (χ0v) is 27.3. The highest BCUT2D eigenvalue weighted by molar-refractivity contribution is 7.92. The van der Waals surface area contributed by atoms with Crippen molar-refractivity contribution in [1.29, 1.82) is 0 Å². The molecule has 1 spiro atoms. The fraction of sp³-hybridized carbons (Fsp3) is 0.452. The SMILES string of the molecule is COc1ccc(CN(c2cccc(F)n2)S(=O)(=O)c2c(F)cc(N3CCC4(CCC4(CN(C)C)OC)C3)c(Cl)c2F)c(OC)c1. The molecule has 2 fully saturated rings. The van der Waals surface area contributed by atoms with Gasteiger partial charge in [0.15, 0.2) is 10.7 Å². The molecule has 2 heterocycles. The van der Waals surface area contributed by atoms with Crippen LogP contribution in [-0.4, -0.2) is 79.0 Å². The lowest BCUT2D eigenvalue weighted by molar-refractivity contribution is -0.186. The molecule has 2 unspecified atom stereocenters. The second-order valence-corrected chi connectivity index (χ2v) is 13.9. The molecular weight excluding hydrogens is 633 g/mol. The minimum atomic E-state index is -5.05. The zero-order chi connectivity index (χ0) is 32.7. The van der Waals surface area contributed by atoms with Crippen LogP contribution in [0.4, 0.5) is 24.7 Å². The van der Waals surface area contributed by atoms with E-state index in [0.29, 0.717) is 35.3 Å². The Morgan fingerprint density at radius 1 is 1.02 bits per heavy atom. The molecule has 2 atom stereocenters. The number of hydrogen-bond donors (Lipinski definition) is 0. The molecule has 2 aromatic carbocycles. The Morgan fingerprint density at radius 2 is 1.78 bits per heavy atom. The van der Waals surface area contributed by atoms with E-state index in [2.05, 4.69) is 9.88 Å². The maximum atomic E-state index is 16.1. The zero-order valence-electron chi connectivity index (χ0n) is 25.7. The number of likely N-dealkylation sites (N-methyl/N-ethyl adjacent to an activating group) is 1. The molecule has 45 heavy (non-hydrogen) atoms. The number of rotatable bonds is 11. The molecule has 0 bridgehead atoms. The largest absolute Gasteiger partial charge is 0.497 e. The molecule has 5 rings (SSSR count). The quantitative estimate of drug-likeness (QED) is 0.196. The van der Waals surface area contributed by atoms with E-state index in [4.69, 9.17) is 25.8 Å². The standard InChI is InChI=1S/C31H36ClF3N4O5S/c1-37(2)19-31(44-5)12-11-30(31)13-14-38(18-30)23-16-22(33)29(28(35)27(23)32)45(40,41)39(26-8-6-7-25(34)36-26)17-20-9-10-21(42-3)15-24(20)43-4/h6-10,15-16H,11-14,17-19H2,1-5H3. The molecular formula is C31H36ClF3N4O5S. The summed E-state index contributed by atoms with van der Waals surface area (Å²) in [5.41, 5.74) is -0.307. The first-order chi connectivity index (χ1) is 21.3. The Morgan fingerprint density at radius 3 is 2.38 bits per heavy atom. The van der Waals surface area contributed by atoms with E-state index in [9.17, 15) is 12.8 Å². The van der Waals surface area contributed by atoms with Crippen LogP contribution < -0.4 is 18.7 Å². The first-order valence-corrected chi connectivity index (χ1v) is 16.1. The van der Waals surface area contributed by atoms with Crippen molar-refractivity contribution in [1.82, 2.24) is 9.88 Å². The molecule has 1 saturated heterocycles. The summed E-state index contributed by atoms with van der Waals surface area (Å²) in [6.07, 6.45) is 2.45. The van der Waals surface area contributed by atoms with Crippen LogP contribution >= 0.6 is 11.6 Å². The molecule has 0 N–H and O–H groups in total. The number of aromatic nitrogens is 1. The highest BCUT2D eigenvalue weighted by Gasteiger charge is 2.62.